The zero-order valence-electron chi connectivity index (χ0n) is 20.3. The standard InChI is InChI=1S/C29H25F2N3O3/c1-16(35)32-14-13-19-18-7-3-5-9-23(18)33-27(19)25(21-15-17(30)11-12-22(21)31)26-28(36)20-8-4-6-10-24(20)34(2)29(26)37/h3-12,15,25,33,36H,13-14H2,1-2H3,(H,32,35). The van der Waals surface area contributed by atoms with Crippen molar-refractivity contribution in [2.75, 3.05) is 6.54 Å². The van der Waals surface area contributed by atoms with Crippen LogP contribution in [-0.4, -0.2) is 27.1 Å². The van der Waals surface area contributed by atoms with Crippen LogP contribution in [0.3, 0.4) is 0 Å². The van der Waals surface area contributed by atoms with Crippen molar-refractivity contribution in [2.45, 2.75) is 19.3 Å². The second kappa shape index (κ2) is 9.54. The molecule has 5 aromatic rings. The summed E-state index contributed by atoms with van der Waals surface area (Å²) < 4.78 is 31.3. The van der Waals surface area contributed by atoms with Gasteiger partial charge in [-0.05, 0) is 48.4 Å². The molecular weight excluding hydrogens is 476 g/mol. The van der Waals surface area contributed by atoms with E-state index in [1.165, 1.54) is 11.5 Å². The third kappa shape index (κ3) is 4.24. The second-order valence-electron chi connectivity index (χ2n) is 9.04. The molecule has 0 spiro atoms. The van der Waals surface area contributed by atoms with Crippen molar-refractivity contribution < 1.29 is 18.7 Å². The van der Waals surface area contributed by atoms with Crippen LogP contribution < -0.4 is 10.9 Å². The average Bonchev–Trinajstić information content (AvgIpc) is 3.25. The number of nitrogens with one attached hydrogen (secondary N) is 2. The second-order valence-corrected chi connectivity index (χ2v) is 9.04. The Morgan fingerprint density at radius 2 is 1.76 bits per heavy atom. The van der Waals surface area contributed by atoms with Crippen LogP contribution in [0.1, 0.15) is 35.2 Å². The monoisotopic (exact) mass is 501 g/mol. The van der Waals surface area contributed by atoms with Gasteiger partial charge in [-0.2, -0.15) is 0 Å². The highest BCUT2D eigenvalue weighted by Crippen LogP contribution is 2.41. The molecule has 188 valence electrons. The molecule has 0 bridgehead atoms. The molecule has 0 aliphatic carbocycles. The number of hydrogen-bond donors (Lipinski definition) is 3. The minimum Gasteiger partial charge on any atom is -0.507 e. The fourth-order valence-electron chi connectivity index (χ4n) is 5.05. The summed E-state index contributed by atoms with van der Waals surface area (Å²) in [6, 6.07) is 17.4. The van der Waals surface area contributed by atoms with Gasteiger partial charge in [-0.1, -0.05) is 30.3 Å². The Balaban J connectivity index is 1.87. The number of fused-ring (bicyclic) bond motifs is 2. The first-order valence-electron chi connectivity index (χ1n) is 11.9. The van der Waals surface area contributed by atoms with Crippen molar-refractivity contribution in [1.82, 2.24) is 14.9 Å². The summed E-state index contributed by atoms with van der Waals surface area (Å²) in [6.45, 7) is 1.71. The van der Waals surface area contributed by atoms with Gasteiger partial charge in [0.1, 0.15) is 17.4 Å². The Bertz CT molecular complexity index is 1720. The molecule has 5 rings (SSSR count). The van der Waals surface area contributed by atoms with Crippen LogP contribution in [0.25, 0.3) is 21.8 Å². The number of pyridine rings is 1. The van der Waals surface area contributed by atoms with Crippen LogP contribution in [0.4, 0.5) is 8.78 Å². The lowest BCUT2D eigenvalue weighted by atomic mass is 9.84. The molecule has 0 saturated carbocycles. The number of halogens is 2. The van der Waals surface area contributed by atoms with Crippen molar-refractivity contribution >= 4 is 27.7 Å². The van der Waals surface area contributed by atoms with E-state index in [4.69, 9.17) is 0 Å². The zero-order valence-corrected chi connectivity index (χ0v) is 20.3. The summed E-state index contributed by atoms with van der Waals surface area (Å²) in [5, 5.41) is 15.4. The van der Waals surface area contributed by atoms with Crippen LogP contribution in [0.2, 0.25) is 0 Å². The molecule has 1 unspecified atom stereocenters. The number of H-pyrrole nitrogens is 1. The van der Waals surface area contributed by atoms with E-state index in [1.807, 2.05) is 24.3 Å². The van der Waals surface area contributed by atoms with Crippen molar-refractivity contribution in [2.24, 2.45) is 7.05 Å². The molecule has 0 radical (unpaired) electrons. The number of nitrogens with zero attached hydrogens (tertiary/aromatic N) is 1. The van der Waals surface area contributed by atoms with Crippen LogP contribution in [0, 0.1) is 11.6 Å². The topological polar surface area (TPSA) is 87.1 Å². The van der Waals surface area contributed by atoms with Crippen molar-refractivity contribution in [3.05, 3.63) is 111 Å². The first-order chi connectivity index (χ1) is 17.8. The predicted molar refractivity (Wildman–Crippen MR) is 139 cm³/mol. The fraction of sp³-hybridized carbons (Fsp3) is 0.172. The number of carbonyl (C=O) groups is 1. The molecule has 2 aromatic heterocycles. The lowest BCUT2D eigenvalue weighted by molar-refractivity contribution is -0.118. The van der Waals surface area contributed by atoms with Gasteiger partial charge in [0.25, 0.3) is 5.56 Å². The maximum absolute atomic E-state index is 15.4. The number of amides is 1. The van der Waals surface area contributed by atoms with E-state index in [-0.39, 0.29) is 22.8 Å². The molecule has 0 fully saturated rings. The Morgan fingerprint density at radius 1 is 1.05 bits per heavy atom. The molecule has 0 aliphatic rings. The molecule has 8 heteroatoms. The largest absolute Gasteiger partial charge is 0.507 e. The van der Waals surface area contributed by atoms with Gasteiger partial charge in [0.15, 0.2) is 0 Å². The highest BCUT2D eigenvalue weighted by atomic mass is 19.1. The van der Waals surface area contributed by atoms with E-state index < -0.39 is 23.1 Å². The minimum absolute atomic E-state index is 0.0713. The van der Waals surface area contributed by atoms with Gasteiger partial charge in [0, 0.05) is 48.1 Å². The number of aromatic nitrogens is 2. The number of rotatable bonds is 6. The molecular formula is C29H25F2N3O3. The Morgan fingerprint density at radius 3 is 2.51 bits per heavy atom. The third-order valence-electron chi connectivity index (χ3n) is 6.75. The van der Waals surface area contributed by atoms with Crippen LogP contribution in [0.5, 0.6) is 5.75 Å². The lowest BCUT2D eigenvalue weighted by Gasteiger charge is -2.22. The van der Waals surface area contributed by atoms with Crippen molar-refractivity contribution in [3.63, 3.8) is 0 Å². The zero-order chi connectivity index (χ0) is 26.3. The summed E-state index contributed by atoms with van der Waals surface area (Å²) in [7, 11) is 1.58. The van der Waals surface area contributed by atoms with Gasteiger partial charge in [0.05, 0.1) is 17.0 Å². The maximum Gasteiger partial charge on any atom is 0.258 e. The van der Waals surface area contributed by atoms with Gasteiger partial charge < -0.3 is 20.0 Å². The fourth-order valence-corrected chi connectivity index (χ4v) is 5.05. The molecule has 3 N–H and O–H groups in total. The van der Waals surface area contributed by atoms with Gasteiger partial charge in [0.2, 0.25) is 5.91 Å². The summed E-state index contributed by atoms with van der Waals surface area (Å²) >= 11 is 0. The first-order valence-corrected chi connectivity index (χ1v) is 11.9. The van der Waals surface area contributed by atoms with Crippen molar-refractivity contribution in [3.8, 4) is 5.75 Å². The smallest absolute Gasteiger partial charge is 0.258 e. The number of benzene rings is 3. The number of carbonyl (C=O) groups excluding carboxylic acids is 1. The third-order valence-corrected chi connectivity index (χ3v) is 6.75. The lowest BCUT2D eigenvalue weighted by Crippen LogP contribution is -2.26. The molecule has 1 atom stereocenters. The van der Waals surface area contributed by atoms with Gasteiger partial charge >= 0.3 is 0 Å². The molecule has 6 nitrogen and oxygen atoms in total. The number of para-hydroxylation sites is 2. The van der Waals surface area contributed by atoms with Gasteiger partial charge in [-0.3, -0.25) is 9.59 Å². The first kappa shape index (κ1) is 24.2. The Hall–Kier alpha value is -4.46. The highest BCUT2D eigenvalue weighted by Gasteiger charge is 2.32. The molecule has 1 amide bonds. The summed E-state index contributed by atoms with van der Waals surface area (Å²) in [5.74, 6) is -3.03. The van der Waals surface area contributed by atoms with E-state index in [9.17, 15) is 19.1 Å². The number of hydrogen-bond acceptors (Lipinski definition) is 3. The normalized spacial score (nSPS) is 12.2. The van der Waals surface area contributed by atoms with Gasteiger partial charge in [-0.25, -0.2) is 8.78 Å². The molecule has 0 aliphatic heterocycles. The maximum atomic E-state index is 15.4. The Labute approximate surface area is 211 Å². The van der Waals surface area contributed by atoms with Crippen LogP contribution in [0.15, 0.2) is 71.5 Å². The van der Waals surface area contributed by atoms with Crippen LogP contribution >= 0.6 is 0 Å². The number of aromatic amines is 1. The van der Waals surface area contributed by atoms with Crippen molar-refractivity contribution in [1.29, 1.82) is 0 Å². The van der Waals surface area contributed by atoms with E-state index in [0.717, 1.165) is 34.7 Å². The van der Waals surface area contributed by atoms with E-state index >= 15 is 4.39 Å². The SMILES string of the molecule is CC(=O)NCCc1c(C(c2cc(F)ccc2F)c2c(O)c3ccccc3n(C)c2=O)[nH]c2ccccc12. The van der Waals surface area contributed by atoms with Crippen LogP contribution in [-0.2, 0) is 18.3 Å². The number of aryl methyl sites for hydroxylation is 1. The molecule has 3 aromatic carbocycles. The molecule has 0 saturated heterocycles. The van der Waals surface area contributed by atoms with E-state index in [0.29, 0.717) is 29.6 Å². The van der Waals surface area contributed by atoms with E-state index in [1.54, 1.807) is 31.3 Å². The van der Waals surface area contributed by atoms with E-state index in [2.05, 4.69) is 10.3 Å². The minimum atomic E-state index is -1.15. The molecule has 37 heavy (non-hydrogen) atoms. The quantitative estimate of drug-likeness (QED) is 0.311. The highest BCUT2D eigenvalue weighted by molar-refractivity contribution is 5.88. The summed E-state index contributed by atoms with van der Waals surface area (Å²) in [4.78, 5) is 28.6. The summed E-state index contributed by atoms with van der Waals surface area (Å²) in [5.41, 5.74) is 1.72. The Kier molecular flexibility index (Phi) is 6.25. The van der Waals surface area contributed by atoms with Gasteiger partial charge in [-0.15, -0.1) is 0 Å². The predicted octanol–water partition coefficient (Wildman–Crippen LogP) is 4.86. The number of aromatic hydroxyl groups is 1. The summed E-state index contributed by atoms with van der Waals surface area (Å²) in [6.07, 6.45) is 0.362. The molecule has 2 heterocycles. The average molecular weight is 502 g/mol.